The third-order valence-corrected chi connectivity index (χ3v) is 3.92. The monoisotopic (exact) mass is 248 g/mol. The fourth-order valence-corrected chi connectivity index (χ4v) is 2.88. The van der Waals surface area contributed by atoms with Crippen molar-refractivity contribution in [2.24, 2.45) is 7.05 Å². The van der Waals surface area contributed by atoms with Gasteiger partial charge in [0.2, 0.25) is 0 Å². The maximum atomic E-state index is 6.03. The van der Waals surface area contributed by atoms with Gasteiger partial charge in [-0.25, -0.2) is 0 Å². The van der Waals surface area contributed by atoms with Crippen LogP contribution in [0, 0.1) is 0 Å². The molecule has 1 aromatic carbocycles. The number of halogens is 1. The number of rotatable bonds is 2. The molecule has 1 saturated heterocycles. The molecule has 1 aromatic heterocycles. The van der Waals surface area contributed by atoms with E-state index in [1.807, 2.05) is 12.1 Å². The second-order valence-corrected chi connectivity index (χ2v) is 5.32. The molecule has 1 aliphatic heterocycles. The molecule has 1 fully saturated rings. The summed E-state index contributed by atoms with van der Waals surface area (Å²) >= 11 is 6.03. The molecule has 0 N–H and O–H groups in total. The predicted octanol–water partition coefficient (Wildman–Crippen LogP) is 3.43. The molecule has 2 heterocycles. The molecule has 2 nitrogen and oxygen atoms in total. The van der Waals surface area contributed by atoms with Crippen LogP contribution in [0.4, 0.5) is 0 Å². The first-order valence-electron chi connectivity index (χ1n) is 6.20. The summed E-state index contributed by atoms with van der Waals surface area (Å²) in [5.74, 6) is 0. The first-order valence-corrected chi connectivity index (χ1v) is 6.58. The van der Waals surface area contributed by atoms with E-state index in [1.165, 1.54) is 42.5 Å². The van der Waals surface area contributed by atoms with Crippen LogP contribution in [0.3, 0.4) is 0 Å². The minimum atomic E-state index is 0.816. The van der Waals surface area contributed by atoms with Crippen LogP contribution >= 0.6 is 11.6 Å². The topological polar surface area (TPSA) is 8.17 Å². The van der Waals surface area contributed by atoms with Crippen molar-refractivity contribution in [2.75, 3.05) is 13.1 Å². The second-order valence-electron chi connectivity index (χ2n) is 4.88. The fraction of sp³-hybridized carbons (Fsp3) is 0.429. The smallest absolute Gasteiger partial charge is 0.0481 e. The molecule has 3 rings (SSSR count). The van der Waals surface area contributed by atoms with Gasteiger partial charge in [-0.15, -0.1) is 0 Å². The minimum absolute atomic E-state index is 0.816. The first-order chi connectivity index (χ1) is 8.24. The van der Waals surface area contributed by atoms with E-state index < -0.39 is 0 Å². The SMILES string of the molecule is Cn1c(CN2CCCC2)cc2cc(Cl)ccc21. The molecule has 0 amide bonds. The van der Waals surface area contributed by atoms with Crippen molar-refractivity contribution in [1.29, 1.82) is 0 Å². The van der Waals surface area contributed by atoms with Crippen LogP contribution in [0.25, 0.3) is 10.9 Å². The maximum absolute atomic E-state index is 6.03. The summed E-state index contributed by atoms with van der Waals surface area (Å²) in [4.78, 5) is 2.52. The molecule has 17 heavy (non-hydrogen) atoms. The molecule has 3 heteroatoms. The van der Waals surface area contributed by atoms with Crippen LogP contribution in [-0.2, 0) is 13.6 Å². The van der Waals surface area contributed by atoms with Crippen molar-refractivity contribution in [3.8, 4) is 0 Å². The number of fused-ring (bicyclic) bond motifs is 1. The van der Waals surface area contributed by atoms with Gasteiger partial charge in [0.25, 0.3) is 0 Å². The van der Waals surface area contributed by atoms with Gasteiger partial charge < -0.3 is 4.57 Å². The summed E-state index contributed by atoms with van der Waals surface area (Å²) in [6.07, 6.45) is 2.69. The molecule has 0 saturated carbocycles. The van der Waals surface area contributed by atoms with E-state index in [2.05, 4.69) is 28.6 Å². The number of hydrogen-bond acceptors (Lipinski definition) is 1. The number of aromatic nitrogens is 1. The molecule has 0 aliphatic carbocycles. The zero-order valence-corrected chi connectivity index (χ0v) is 10.9. The normalized spacial score (nSPS) is 17.1. The highest BCUT2D eigenvalue weighted by Gasteiger charge is 2.14. The highest BCUT2D eigenvalue weighted by Crippen LogP contribution is 2.24. The van der Waals surface area contributed by atoms with Gasteiger partial charge in [0.1, 0.15) is 0 Å². The average molecular weight is 249 g/mol. The van der Waals surface area contributed by atoms with Gasteiger partial charge in [-0.2, -0.15) is 0 Å². The lowest BCUT2D eigenvalue weighted by molar-refractivity contribution is 0.324. The van der Waals surface area contributed by atoms with Crippen LogP contribution in [0.5, 0.6) is 0 Å². The molecule has 0 atom stereocenters. The summed E-state index contributed by atoms with van der Waals surface area (Å²) in [6, 6.07) is 8.37. The quantitative estimate of drug-likeness (QED) is 0.791. The zero-order chi connectivity index (χ0) is 11.8. The Morgan fingerprint density at radius 2 is 1.94 bits per heavy atom. The number of likely N-dealkylation sites (tertiary alicyclic amines) is 1. The lowest BCUT2D eigenvalue weighted by atomic mass is 10.2. The van der Waals surface area contributed by atoms with E-state index in [-0.39, 0.29) is 0 Å². The van der Waals surface area contributed by atoms with Gasteiger partial charge in [-0.05, 0) is 50.2 Å². The minimum Gasteiger partial charge on any atom is -0.346 e. The molecule has 1 aliphatic rings. The van der Waals surface area contributed by atoms with Gasteiger partial charge in [0, 0.05) is 35.2 Å². The fourth-order valence-electron chi connectivity index (χ4n) is 2.70. The Labute approximate surface area is 107 Å². The lowest BCUT2D eigenvalue weighted by Gasteiger charge is -2.14. The van der Waals surface area contributed by atoms with Crippen molar-refractivity contribution >= 4 is 22.5 Å². The molecular formula is C14H17ClN2. The van der Waals surface area contributed by atoms with E-state index in [9.17, 15) is 0 Å². The van der Waals surface area contributed by atoms with Gasteiger partial charge >= 0.3 is 0 Å². The van der Waals surface area contributed by atoms with E-state index in [0.29, 0.717) is 0 Å². The Bertz CT molecular complexity index is 538. The standard InChI is InChI=1S/C14H17ClN2/c1-16-13(10-17-6-2-3-7-17)9-11-8-12(15)4-5-14(11)16/h4-5,8-9H,2-3,6-7,10H2,1H3. The van der Waals surface area contributed by atoms with E-state index >= 15 is 0 Å². The van der Waals surface area contributed by atoms with Crippen molar-refractivity contribution in [1.82, 2.24) is 9.47 Å². The number of hydrogen-bond donors (Lipinski definition) is 0. The van der Waals surface area contributed by atoms with Crippen LogP contribution in [0.15, 0.2) is 24.3 Å². The highest BCUT2D eigenvalue weighted by molar-refractivity contribution is 6.31. The van der Waals surface area contributed by atoms with E-state index in [0.717, 1.165) is 11.6 Å². The van der Waals surface area contributed by atoms with Crippen LogP contribution in [0.1, 0.15) is 18.5 Å². The van der Waals surface area contributed by atoms with Crippen molar-refractivity contribution < 1.29 is 0 Å². The van der Waals surface area contributed by atoms with E-state index in [1.54, 1.807) is 0 Å². The highest BCUT2D eigenvalue weighted by atomic mass is 35.5. The molecule has 90 valence electrons. The predicted molar refractivity (Wildman–Crippen MR) is 72.4 cm³/mol. The van der Waals surface area contributed by atoms with Gasteiger partial charge in [-0.1, -0.05) is 11.6 Å². The Kier molecular flexibility index (Phi) is 2.85. The number of aryl methyl sites for hydroxylation is 1. The number of benzene rings is 1. The largest absolute Gasteiger partial charge is 0.346 e. The maximum Gasteiger partial charge on any atom is 0.0481 e. The first kappa shape index (κ1) is 11.1. The summed E-state index contributed by atoms with van der Waals surface area (Å²) in [5, 5.41) is 2.06. The number of nitrogens with zero attached hydrogens (tertiary/aromatic N) is 2. The van der Waals surface area contributed by atoms with Crippen LogP contribution < -0.4 is 0 Å². The average Bonchev–Trinajstić information content (AvgIpc) is 2.89. The zero-order valence-electron chi connectivity index (χ0n) is 10.1. The van der Waals surface area contributed by atoms with Crippen LogP contribution in [-0.4, -0.2) is 22.6 Å². The Morgan fingerprint density at radius 3 is 2.71 bits per heavy atom. The van der Waals surface area contributed by atoms with Crippen molar-refractivity contribution in [2.45, 2.75) is 19.4 Å². The third kappa shape index (κ3) is 2.07. The molecule has 0 spiro atoms. The molecular weight excluding hydrogens is 232 g/mol. The molecule has 2 aromatic rings. The summed E-state index contributed by atoms with van der Waals surface area (Å²) in [6.45, 7) is 3.54. The molecule has 0 unspecified atom stereocenters. The van der Waals surface area contributed by atoms with Crippen molar-refractivity contribution in [3.05, 3.63) is 35.0 Å². The Balaban J connectivity index is 1.96. The van der Waals surface area contributed by atoms with Crippen LogP contribution in [0.2, 0.25) is 5.02 Å². The molecule has 0 bridgehead atoms. The lowest BCUT2D eigenvalue weighted by Crippen LogP contribution is -2.19. The van der Waals surface area contributed by atoms with Gasteiger partial charge in [-0.3, -0.25) is 4.90 Å². The Hall–Kier alpha value is -0.990. The van der Waals surface area contributed by atoms with Gasteiger partial charge in [0.15, 0.2) is 0 Å². The Morgan fingerprint density at radius 1 is 1.18 bits per heavy atom. The van der Waals surface area contributed by atoms with E-state index in [4.69, 9.17) is 11.6 Å². The summed E-state index contributed by atoms with van der Waals surface area (Å²) < 4.78 is 2.28. The third-order valence-electron chi connectivity index (χ3n) is 3.69. The summed E-state index contributed by atoms with van der Waals surface area (Å²) in [5.41, 5.74) is 2.65. The summed E-state index contributed by atoms with van der Waals surface area (Å²) in [7, 11) is 2.14. The van der Waals surface area contributed by atoms with Gasteiger partial charge in [0.05, 0.1) is 0 Å². The second kappa shape index (κ2) is 4.35. The van der Waals surface area contributed by atoms with Crippen molar-refractivity contribution in [3.63, 3.8) is 0 Å². The molecule has 0 radical (unpaired) electrons.